The molecule has 8 N–H and O–H groups in total. The van der Waals surface area contributed by atoms with Crippen molar-refractivity contribution in [3.8, 4) is 0 Å². The number of carboxylic acids is 4. The lowest BCUT2D eigenvalue weighted by molar-refractivity contribution is -0.142. The van der Waals surface area contributed by atoms with E-state index in [4.69, 9.17) is 14.7 Å². The van der Waals surface area contributed by atoms with Crippen molar-refractivity contribution in [2.75, 3.05) is 6.61 Å². The lowest BCUT2D eigenvalue weighted by Crippen LogP contribution is -2.44. The topological polar surface area (TPSA) is 266 Å². The Labute approximate surface area is 226 Å². The summed E-state index contributed by atoms with van der Waals surface area (Å²) in [6.07, 6.45) is -2.50. The molecule has 0 radical (unpaired) electrons. The van der Waals surface area contributed by atoms with Gasteiger partial charge in [-0.25, -0.2) is 23.6 Å². The van der Waals surface area contributed by atoms with Crippen molar-refractivity contribution in [1.82, 2.24) is 15.7 Å². The van der Waals surface area contributed by atoms with Crippen LogP contribution in [0.15, 0.2) is 24.3 Å². The van der Waals surface area contributed by atoms with Crippen LogP contribution in [-0.4, -0.2) is 85.7 Å². The molecule has 40 heavy (non-hydrogen) atoms. The van der Waals surface area contributed by atoms with Gasteiger partial charge in [-0.15, -0.1) is 0 Å². The third-order valence-corrected chi connectivity index (χ3v) is 6.34. The second-order valence-electron chi connectivity index (χ2n) is 8.32. The molecule has 0 bridgehead atoms. The second-order valence-corrected chi connectivity index (χ2v) is 9.87. The van der Waals surface area contributed by atoms with E-state index in [2.05, 4.69) is 10.6 Å². The highest BCUT2D eigenvalue weighted by Gasteiger charge is 2.30. The van der Waals surface area contributed by atoms with E-state index in [1.807, 2.05) is 0 Å². The molecule has 0 saturated heterocycles. The van der Waals surface area contributed by atoms with Crippen LogP contribution in [0.1, 0.15) is 48.9 Å². The maximum absolute atomic E-state index is 13.0. The fraction of sp³-hybridized carbons (Fsp3) is 0.455. The zero-order chi connectivity index (χ0) is 30.5. The molecule has 2 amide bonds. The van der Waals surface area contributed by atoms with Crippen LogP contribution in [0.25, 0.3) is 0 Å². The summed E-state index contributed by atoms with van der Waals surface area (Å²) in [5.41, 5.74) is -0.0216. The van der Waals surface area contributed by atoms with Crippen molar-refractivity contribution in [1.29, 1.82) is 0 Å². The predicted octanol–water partition coefficient (Wildman–Crippen LogP) is 0.163. The maximum atomic E-state index is 13.0. The Morgan fingerprint density at radius 3 is 1.85 bits per heavy atom. The van der Waals surface area contributed by atoms with Crippen molar-refractivity contribution >= 4 is 43.4 Å². The smallest absolute Gasteiger partial charge is 0.403 e. The molecular weight excluding hydrogens is 564 g/mol. The SMILES string of the molecule is O=C(O)CC[C@H](NP(=O)(O)OCCC[C@H](NC(=O)CC[C@H](NC(=O)c1ccc(F)cc1)C(=O)O)C(=O)O)C(=O)O. The van der Waals surface area contributed by atoms with E-state index < -0.39 is 99.7 Å². The Morgan fingerprint density at radius 1 is 0.800 bits per heavy atom. The number of rotatable bonds is 19. The number of amides is 2. The minimum Gasteiger partial charge on any atom is -0.481 e. The average Bonchev–Trinajstić information content (AvgIpc) is 2.85. The number of benzene rings is 1. The van der Waals surface area contributed by atoms with E-state index in [-0.39, 0.29) is 18.4 Å². The first-order valence-electron chi connectivity index (χ1n) is 11.6. The number of carboxylic acid groups (broad SMARTS) is 4. The van der Waals surface area contributed by atoms with Crippen LogP contribution in [0.5, 0.6) is 0 Å². The molecule has 0 aliphatic rings. The fourth-order valence-corrected chi connectivity index (χ4v) is 4.21. The van der Waals surface area contributed by atoms with Crippen LogP contribution in [0, 0.1) is 5.82 Å². The number of carbonyl (C=O) groups excluding carboxylic acids is 2. The Hall–Kier alpha value is -3.92. The van der Waals surface area contributed by atoms with Crippen LogP contribution in [0.3, 0.4) is 0 Å². The highest BCUT2D eigenvalue weighted by molar-refractivity contribution is 7.50. The van der Waals surface area contributed by atoms with Crippen molar-refractivity contribution in [3.63, 3.8) is 0 Å². The monoisotopic (exact) mass is 593 g/mol. The molecule has 1 rings (SSSR count). The number of nitrogens with one attached hydrogen (secondary N) is 3. The van der Waals surface area contributed by atoms with Crippen molar-refractivity contribution < 1.29 is 67.6 Å². The number of aliphatic carboxylic acids is 4. The predicted molar refractivity (Wildman–Crippen MR) is 131 cm³/mol. The minimum atomic E-state index is -4.71. The van der Waals surface area contributed by atoms with E-state index in [0.29, 0.717) is 0 Å². The number of carbonyl (C=O) groups is 6. The highest BCUT2D eigenvalue weighted by atomic mass is 31.2. The first-order chi connectivity index (χ1) is 18.6. The van der Waals surface area contributed by atoms with Gasteiger partial charge in [0.2, 0.25) is 5.91 Å². The summed E-state index contributed by atoms with van der Waals surface area (Å²) < 4.78 is 29.7. The van der Waals surface area contributed by atoms with Gasteiger partial charge in [0.15, 0.2) is 0 Å². The molecular formula is C22H29FN3O13P. The molecule has 0 aliphatic carbocycles. The van der Waals surface area contributed by atoms with Gasteiger partial charge >= 0.3 is 31.6 Å². The molecule has 1 unspecified atom stereocenters. The number of hydrogen-bond donors (Lipinski definition) is 8. The molecule has 1 aromatic carbocycles. The normalized spacial score (nSPS) is 14.7. The van der Waals surface area contributed by atoms with Gasteiger partial charge in [-0.05, 0) is 49.9 Å². The maximum Gasteiger partial charge on any atom is 0.403 e. The lowest BCUT2D eigenvalue weighted by Gasteiger charge is -2.19. The molecule has 0 spiro atoms. The molecule has 4 atom stereocenters. The highest BCUT2D eigenvalue weighted by Crippen LogP contribution is 2.38. The van der Waals surface area contributed by atoms with E-state index in [1.54, 1.807) is 5.09 Å². The zero-order valence-corrected chi connectivity index (χ0v) is 21.7. The molecule has 222 valence electrons. The van der Waals surface area contributed by atoms with E-state index >= 15 is 0 Å². The van der Waals surface area contributed by atoms with Crippen molar-refractivity contribution in [2.45, 2.75) is 56.7 Å². The van der Waals surface area contributed by atoms with E-state index in [9.17, 15) is 52.8 Å². The lowest BCUT2D eigenvalue weighted by atomic mass is 10.1. The summed E-state index contributed by atoms with van der Waals surface area (Å²) in [6.45, 7) is -0.539. The fourth-order valence-electron chi connectivity index (χ4n) is 3.12. The molecule has 0 saturated carbocycles. The van der Waals surface area contributed by atoms with Gasteiger partial charge in [0.25, 0.3) is 5.91 Å². The average molecular weight is 593 g/mol. The second kappa shape index (κ2) is 16.2. The Kier molecular flexibility index (Phi) is 13.9. The third-order valence-electron chi connectivity index (χ3n) is 5.17. The summed E-state index contributed by atoms with van der Waals surface area (Å²) in [4.78, 5) is 78.8. The zero-order valence-electron chi connectivity index (χ0n) is 20.8. The molecule has 0 heterocycles. The van der Waals surface area contributed by atoms with Gasteiger partial charge in [0, 0.05) is 18.4 Å². The van der Waals surface area contributed by atoms with Crippen LogP contribution in [0.4, 0.5) is 4.39 Å². The Bertz CT molecular complexity index is 1130. The van der Waals surface area contributed by atoms with Gasteiger partial charge in [-0.2, -0.15) is 0 Å². The van der Waals surface area contributed by atoms with Crippen LogP contribution in [-0.2, 0) is 33.1 Å². The van der Waals surface area contributed by atoms with Crippen molar-refractivity contribution in [3.05, 3.63) is 35.6 Å². The van der Waals surface area contributed by atoms with Crippen LogP contribution < -0.4 is 15.7 Å². The summed E-state index contributed by atoms with van der Waals surface area (Å²) in [6, 6.07) is -0.452. The Balaban J connectivity index is 2.56. The number of halogens is 1. The summed E-state index contributed by atoms with van der Waals surface area (Å²) >= 11 is 0. The van der Waals surface area contributed by atoms with Gasteiger partial charge in [-0.3, -0.25) is 23.7 Å². The van der Waals surface area contributed by atoms with Crippen LogP contribution in [0.2, 0.25) is 0 Å². The molecule has 0 aliphatic heterocycles. The van der Waals surface area contributed by atoms with E-state index in [0.717, 1.165) is 24.3 Å². The first kappa shape index (κ1) is 34.1. The quantitative estimate of drug-likeness (QED) is 0.0785. The summed E-state index contributed by atoms with van der Waals surface area (Å²) in [5, 5.41) is 42.5. The third kappa shape index (κ3) is 13.2. The van der Waals surface area contributed by atoms with Gasteiger partial charge in [0.05, 0.1) is 6.61 Å². The standard InChI is InChI=1S/C22H29FN3O13P/c23-13-5-3-12(4-6-13)19(30)25-15(21(33)34)7-9-17(27)24-14(20(31)32)2-1-11-39-40(37,38)26-16(22(35)36)8-10-18(28)29/h3-6,14-16H,1-2,7-11H2,(H,24,27)(H,25,30)(H,28,29)(H,31,32)(H,33,34)(H,35,36)(H2,26,37,38)/t14-,15-,16-/m0/s1. The van der Waals surface area contributed by atoms with Crippen molar-refractivity contribution in [2.24, 2.45) is 0 Å². The van der Waals surface area contributed by atoms with Crippen LogP contribution >= 0.6 is 7.75 Å². The Morgan fingerprint density at radius 2 is 1.32 bits per heavy atom. The molecule has 0 fully saturated rings. The molecule has 18 heteroatoms. The van der Waals surface area contributed by atoms with Gasteiger partial charge in [-0.1, -0.05) is 0 Å². The molecule has 0 aromatic heterocycles. The molecule has 16 nitrogen and oxygen atoms in total. The molecule has 1 aromatic rings. The number of hydrogen-bond acceptors (Lipinski definition) is 8. The first-order valence-corrected chi connectivity index (χ1v) is 13.2. The summed E-state index contributed by atoms with van der Waals surface area (Å²) in [5.74, 6) is -8.16. The minimum absolute atomic E-state index is 0.0216. The van der Waals surface area contributed by atoms with Gasteiger partial charge in [0.1, 0.15) is 23.9 Å². The summed E-state index contributed by atoms with van der Waals surface area (Å²) in [7, 11) is -4.71. The van der Waals surface area contributed by atoms with E-state index in [1.165, 1.54) is 0 Å². The largest absolute Gasteiger partial charge is 0.481 e. The van der Waals surface area contributed by atoms with Gasteiger partial charge < -0.3 is 36.0 Å².